The lowest BCUT2D eigenvalue weighted by atomic mass is 9.91. The number of rotatable bonds is 2. The van der Waals surface area contributed by atoms with Gasteiger partial charge in [0.25, 0.3) is 0 Å². The van der Waals surface area contributed by atoms with Crippen LogP contribution in [0.25, 0.3) is 5.69 Å². The molecule has 6 heteroatoms. The molecule has 2 aliphatic rings. The fraction of sp³-hybridized carbons (Fsp3) is 0.471. The molecule has 0 aliphatic carbocycles. The van der Waals surface area contributed by atoms with Crippen LogP contribution in [0, 0.1) is 0 Å². The zero-order chi connectivity index (χ0) is 16.0. The van der Waals surface area contributed by atoms with Crippen LogP contribution in [0.15, 0.2) is 18.2 Å². The summed E-state index contributed by atoms with van der Waals surface area (Å²) in [6.45, 7) is 3.27. The number of halogens is 2. The average Bonchev–Trinajstić information content (AvgIpc) is 3.13. The van der Waals surface area contributed by atoms with E-state index in [4.69, 9.17) is 28.3 Å². The molecule has 0 saturated carbocycles. The lowest BCUT2D eigenvalue weighted by molar-refractivity contribution is 0.252. The maximum absolute atomic E-state index is 6.19. The van der Waals surface area contributed by atoms with E-state index in [1.807, 2.05) is 22.9 Å². The number of hydrogen-bond donors (Lipinski definition) is 1. The number of benzene rings is 1. The molecule has 0 radical (unpaired) electrons. The molecule has 1 aromatic carbocycles. The Hall–Kier alpha value is -1.23. The van der Waals surface area contributed by atoms with Crippen molar-refractivity contribution in [3.05, 3.63) is 39.5 Å². The number of aromatic nitrogens is 2. The molecule has 0 amide bonds. The van der Waals surface area contributed by atoms with E-state index in [1.54, 1.807) is 0 Å². The molecule has 0 spiro atoms. The van der Waals surface area contributed by atoms with Crippen molar-refractivity contribution in [2.75, 3.05) is 32.0 Å². The summed E-state index contributed by atoms with van der Waals surface area (Å²) in [4.78, 5) is 2.39. The number of likely N-dealkylation sites (tertiary alicyclic amines) is 1. The van der Waals surface area contributed by atoms with Gasteiger partial charge in [-0.1, -0.05) is 23.2 Å². The van der Waals surface area contributed by atoms with Crippen molar-refractivity contribution in [2.45, 2.75) is 25.2 Å². The number of piperidine rings is 1. The average molecular weight is 351 g/mol. The summed E-state index contributed by atoms with van der Waals surface area (Å²) in [5.41, 5.74) is 3.61. The molecule has 23 heavy (non-hydrogen) atoms. The molecule has 4 rings (SSSR count). The first-order valence-corrected chi connectivity index (χ1v) is 8.88. The van der Waals surface area contributed by atoms with Crippen LogP contribution >= 0.6 is 23.2 Å². The highest BCUT2D eigenvalue weighted by Crippen LogP contribution is 2.37. The Morgan fingerprint density at radius 3 is 2.70 bits per heavy atom. The van der Waals surface area contributed by atoms with Crippen LogP contribution in [0.2, 0.25) is 10.0 Å². The minimum Gasteiger partial charge on any atom is -0.369 e. The van der Waals surface area contributed by atoms with Gasteiger partial charge in [-0.2, -0.15) is 5.10 Å². The zero-order valence-electron chi connectivity index (χ0n) is 13.1. The molecule has 0 atom stereocenters. The molecule has 1 fully saturated rings. The quantitative estimate of drug-likeness (QED) is 0.889. The van der Waals surface area contributed by atoms with Gasteiger partial charge in [-0.15, -0.1) is 0 Å². The van der Waals surface area contributed by atoms with E-state index in [9.17, 15) is 0 Å². The van der Waals surface area contributed by atoms with Gasteiger partial charge >= 0.3 is 0 Å². The lowest BCUT2D eigenvalue weighted by Gasteiger charge is -2.28. The van der Waals surface area contributed by atoms with E-state index in [1.165, 1.54) is 24.1 Å². The molecule has 3 heterocycles. The molecule has 1 saturated heterocycles. The third-order valence-corrected chi connectivity index (χ3v) is 5.67. The monoisotopic (exact) mass is 350 g/mol. The number of nitrogens with one attached hydrogen (secondary N) is 1. The van der Waals surface area contributed by atoms with Crippen molar-refractivity contribution in [1.82, 2.24) is 14.7 Å². The number of hydrogen-bond acceptors (Lipinski definition) is 3. The van der Waals surface area contributed by atoms with Crippen LogP contribution in [-0.4, -0.2) is 41.4 Å². The topological polar surface area (TPSA) is 33.1 Å². The van der Waals surface area contributed by atoms with Crippen molar-refractivity contribution in [2.24, 2.45) is 0 Å². The molecular weight excluding hydrogens is 331 g/mol. The van der Waals surface area contributed by atoms with E-state index in [0.717, 1.165) is 37.6 Å². The number of fused-ring (bicyclic) bond motifs is 1. The molecule has 4 nitrogen and oxygen atoms in total. The highest BCUT2D eigenvalue weighted by Gasteiger charge is 2.29. The standard InChI is InChI=1S/C17H20Cl2N4/c1-22-8-5-11(6-9-22)16-13-4-7-20-17(13)23(21-16)12-2-3-14(18)15(19)10-12/h2-3,10-11,20H,4-9H2,1H3. The summed E-state index contributed by atoms with van der Waals surface area (Å²) in [5.74, 6) is 1.68. The largest absolute Gasteiger partial charge is 0.369 e. The van der Waals surface area contributed by atoms with Gasteiger partial charge in [0, 0.05) is 18.0 Å². The van der Waals surface area contributed by atoms with Crippen molar-refractivity contribution < 1.29 is 0 Å². The predicted octanol–water partition coefficient (Wildman–Crippen LogP) is 3.96. The Labute approximate surface area is 146 Å². The van der Waals surface area contributed by atoms with Crippen LogP contribution in [0.4, 0.5) is 5.82 Å². The third-order valence-electron chi connectivity index (χ3n) is 4.94. The second kappa shape index (κ2) is 6.00. The molecule has 0 unspecified atom stereocenters. The van der Waals surface area contributed by atoms with E-state index in [-0.39, 0.29) is 0 Å². The van der Waals surface area contributed by atoms with Gasteiger partial charge < -0.3 is 10.2 Å². The van der Waals surface area contributed by atoms with Crippen LogP contribution in [0.5, 0.6) is 0 Å². The molecule has 122 valence electrons. The second-order valence-electron chi connectivity index (χ2n) is 6.48. The Morgan fingerprint density at radius 2 is 1.96 bits per heavy atom. The van der Waals surface area contributed by atoms with Gasteiger partial charge in [0.15, 0.2) is 0 Å². The highest BCUT2D eigenvalue weighted by molar-refractivity contribution is 6.42. The van der Waals surface area contributed by atoms with Crippen molar-refractivity contribution in [3.8, 4) is 5.69 Å². The van der Waals surface area contributed by atoms with Crippen LogP contribution in [0.1, 0.15) is 30.0 Å². The van der Waals surface area contributed by atoms with Crippen LogP contribution in [-0.2, 0) is 6.42 Å². The normalized spacial score (nSPS) is 18.9. The maximum Gasteiger partial charge on any atom is 0.133 e. The molecular formula is C17H20Cl2N4. The van der Waals surface area contributed by atoms with E-state index in [0.29, 0.717) is 16.0 Å². The van der Waals surface area contributed by atoms with Gasteiger partial charge in [-0.25, -0.2) is 4.68 Å². The fourth-order valence-corrected chi connectivity index (χ4v) is 3.91. The van der Waals surface area contributed by atoms with Crippen molar-refractivity contribution in [3.63, 3.8) is 0 Å². The molecule has 2 aliphatic heterocycles. The minimum atomic E-state index is 0.559. The predicted molar refractivity (Wildman–Crippen MR) is 95.2 cm³/mol. The maximum atomic E-state index is 6.19. The van der Waals surface area contributed by atoms with Crippen LogP contribution in [0.3, 0.4) is 0 Å². The van der Waals surface area contributed by atoms with E-state index >= 15 is 0 Å². The molecule has 2 aromatic rings. The number of anilines is 1. The van der Waals surface area contributed by atoms with Gasteiger partial charge in [-0.05, 0) is 57.6 Å². The van der Waals surface area contributed by atoms with Gasteiger partial charge in [-0.3, -0.25) is 0 Å². The molecule has 0 bridgehead atoms. The van der Waals surface area contributed by atoms with Crippen molar-refractivity contribution in [1.29, 1.82) is 0 Å². The summed E-state index contributed by atoms with van der Waals surface area (Å²) in [7, 11) is 2.19. The Balaban J connectivity index is 1.74. The Bertz CT molecular complexity index is 732. The van der Waals surface area contributed by atoms with Gasteiger partial charge in [0.1, 0.15) is 5.82 Å². The summed E-state index contributed by atoms with van der Waals surface area (Å²) in [6, 6.07) is 5.69. The van der Waals surface area contributed by atoms with Crippen LogP contribution < -0.4 is 5.32 Å². The molecule has 1 N–H and O–H groups in total. The minimum absolute atomic E-state index is 0.559. The van der Waals surface area contributed by atoms with E-state index in [2.05, 4.69) is 17.3 Å². The number of nitrogens with zero attached hydrogens (tertiary/aromatic N) is 3. The Kier molecular flexibility index (Phi) is 4.00. The first kappa shape index (κ1) is 15.3. The second-order valence-corrected chi connectivity index (χ2v) is 7.29. The SMILES string of the molecule is CN1CCC(c2nn(-c3ccc(Cl)c(Cl)c3)c3c2CCN3)CC1. The molecule has 1 aromatic heterocycles. The Morgan fingerprint density at radius 1 is 1.17 bits per heavy atom. The zero-order valence-corrected chi connectivity index (χ0v) is 14.7. The first-order valence-electron chi connectivity index (χ1n) is 8.13. The van der Waals surface area contributed by atoms with E-state index < -0.39 is 0 Å². The fourth-order valence-electron chi connectivity index (χ4n) is 3.61. The van der Waals surface area contributed by atoms with Gasteiger partial charge in [0.2, 0.25) is 0 Å². The van der Waals surface area contributed by atoms with Gasteiger partial charge in [0.05, 0.1) is 21.4 Å². The summed E-state index contributed by atoms with van der Waals surface area (Å²) in [6.07, 6.45) is 3.42. The summed E-state index contributed by atoms with van der Waals surface area (Å²) in [5, 5.41) is 9.57. The third kappa shape index (κ3) is 2.73. The highest BCUT2D eigenvalue weighted by atomic mass is 35.5. The summed E-state index contributed by atoms with van der Waals surface area (Å²) < 4.78 is 2.00. The van der Waals surface area contributed by atoms with Crippen molar-refractivity contribution >= 4 is 29.0 Å². The first-order chi connectivity index (χ1) is 11.1. The smallest absolute Gasteiger partial charge is 0.133 e. The summed E-state index contributed by atoms with van der Waals surface area (Å²) >= 11 is 12.2. The lowest BCUT2D eigenvalue weighted by Crippen LogP contribution is -2.29.